The molecule has 2 heterocycles. The van der Waals surface area contributed by atoms with Gasteiger partial charge in [-0.1, -0.05) is 47.6 Å². The number of nitrogens with zero attached hydrogens (tertiary/aromatic N) is 2. The number of rotatable bonds is 5. The third kappa shape index (κ3) is 4.70. The molecule has 8 heteroatoms. The molecule has 2 atom stereocenters. The molecule has 32 heavy (non-hydrogen) atoms. The van der Waals surface area contributed by atoms with Gasteiger partial charge < -0.3 is 15.3 Å². The van der Waals surface area contributed by atoms with Crippen LogP contribution in [0.1, 0.15) is 60.5 Å². The molecule has 176 valence electrons. The fourth-order valence-corrected chi connectivity index (χ4v) is 6.06. The Morgan fingerprint density at radius 3 is 2.44 bits per heavy atom. The SMILES string of the molecule is CCO[P+]1(O)N=C(C2=C(O)[C@H](C(C)(C)C)N(CCC(C)(C)C)C2=O)Nc2ccc(C)cc21. The lowest BCUT2D eigenvalue weighted by Gasteiger charge is -2.36. The first-order chi connectivity index (χ1) is 14.7. The van der Waals surface area contributed by atoms with Crippen molar-refractivity contribution in [1.29, 1.82) is 0 Å². The maximum absolute atomic E-state index is 13.6. The second kappa shape index (κ2) is 8.44. The van der Waals surface area contributed by atoms with Crippen molar-refractivity contribution in [2.24, 2.45) is 15.6 Å². The number of benzene rings is 1. The Morgan fingerprint density at radius 2 is 1.88 bits per heavy atom. The standard InChI is InChI=1S/C24H36N3O4P/c1-9-31-32(30)17-14-15(2)10-11-16(17)25-21(26-32)18-19(28)20(24(6,7)8)27(22(18)29)13-12-23(3,4)5/h10-11,14,20,30H,9,12-13H2,1-8H3,(H-,25,26,28,29)/p+1/t20-,32?/m1/s1. The number of aliphatic hydroxyl groups is 1. The van der Waals surface area contributed by atoms with Crippen LogP contribution in [0.4, 0.5) is 5.69 Å². The zero-order valence-electron chi connectivity index (χ0n) is 20.5. The quantitative estimate of drug-likeness (QED) is 0.550. The number of anilines is 1. The summed E-state index contributed by atoms with van der Waals surface area (Å²) in [7, 11) is -3.35. The van der Waals surface area contributed by atoms with Crippen LogP contribution in [-0.2, 0) is 9.32 Å². The van der Waals surface area contributed by atoms with Crippen molar-refractivity contribution in [3.63, 3.8) is 0 Å². The normalized spacial score (nSPS) is 23.9. The third-order valence-electron chi connectivity index (χ3n) is 5.73. The number of hydrogen-bond acceptors (Lipinski definition) is 6. The molecular formula is C24H37N3O4P+. The van der Waals surface area contributed by atoms with Crippen LogP contribution < -0.4 is 10.6 Å². The van der Waals surface area contributed by atoms with Gasteiger partial charge in [0.1, 0.15) is 11.3 Å². The Balaban J connectivity index is 2.09. The number of carbonyl (C=O) groups is 1. The smallest absolute Gasteiger partial charge is 0.432 e. The van der Waals surface area contributed by atoms with E-state index in [1.54, 1.807) is 11.8 Å². The summed E-state index contributed by atoms with van der Waals surface area (Å²) in [6.45, 7) is 16.9. The number of amides is 1. The average Bonchev–Trinajstić information content (AvgIpc) is 2.90. The number of aliphatic hydroxyl groups excluding tert-OH is 1. The Kier molecular flexibility index (Phi) is 6.51. The van der Waals surface area contributed by atoms with E-state index < -0.39 is 13.9 Å². The third-order valence-corrected chi connectivity index (χ3v) is 7.81. The summed E-state index contributed by atoms with van der Waals surface area (Å²) in [5.41, 5.74) is 1.39. The van der Waals surface area contributed by atoms with Crippen LogP contribution in [0.3, 0.4) is 0 Å². The number of carbonyl (C=O) groups excluding carboxylic acids is 1. The fraction of sp³-hybridized carbons (Fsp3) is 0.583. The first-order valence-electron chi connectivity index (χ1n) is 11.2. The van der Waals surface area contributed by atoms with Gasteiger partial charge >= 0.3 is 7.87 Å². The van der Waals surface area contributed by atoms with Crippen molar-refractivity contribution in [3.05, 3.63) is 35.1 Å². The van der Waals surface area contributed by atoms with E-state index in [2.05, 4.69) is 30.9 Å². The predicted octanol–water partition coefficient (Wildman–Crippen LogP) is 4.74. The molecule has 3 rings (SSSR count). The van der Waals surface area contributed by atoms with Gasteiger partial charge in [-0.25, -0.2) is 0 Å². The second-order valence-electron chi connectivity index (χ2n) is 10.9. The lowest BCUT2D eigenvalue weighted by atomic mass is 9.84. The topological polar surface area (TPSA) is 94.4 Å². The van der Waals surface area contributed by atoms with Crippen molar-refractivity contribution >= 4 is 30.6 Å². The molecule has 1 amide bonds. The van der Waals surface area contributed by atoms with Gasteiger partial charge in [0, 0.05) is 6.54 Å². The van der Waals surface area contributed by atoms with Gasteiger partial charge in [0.2, 0.25) is 5.30 Å². The molecule has 0 spiro atoms. The average molecular weight is 463 g/mol. The minimum atomic E-state index is -3.35. The molecule has 1 unspecified atom stereocenters. The molecule has 0 aromatic heterocycles. The summed E-state index contributed by atoms with van der Waals surface area (Å²) in [6, 6.07) is 5.14. The molecule has 0 radical (unpaired) electrons. The van der Waals surface area contributed by atoms with Crippen molar-refractivity contribution in [1.82, 2.24) is 4.90 Å². The molecule has 0 aliphatic carbocycles. The van der Waals surface area contributed by atoms with Crippen LogP contribution >= 0.6 is 7.87 Å². The summed E-state index contributed by atoms with van der Waals surface area (Å²) >= 11 is 0. The monoisotopic (exact) mass is 462 g/mol. The Morgan fingerprint density at radius 1 is 1.22 bits per heavy atom. The molecule has 1 aromatic carbocycles. The number of hydrogen-bond donors (Lipinski definition) is 3. The zero-order chi connectivity index (χ0) is 24.1. The van der Waals surface area contributed by atoms with E-state index in [1.165, 1.54) is 0 Å². The lowest BCUT2D eigenvalue weighted by molar-refractivity contribution is -0.128. The molecule has 0 saturated heterocycles. The second-order valence-corrected chi connectivity index (χ2v) is 12.9. The first-order valence-corrected chi connectivity index (χ1v) is 12.8. The van der Waals surface area contributed by atoms with Gasteiger partial charge in [-0.2, -0.15) is 9.42 Å². The predicted molar refractivity (Wildman–Crippen MR) is 131 cm³/mol. The zero-order valence-corrected chi connectivity index (χ0v) is 21.4. The van der Waals surface area contributed by atoms with E-state index in [4.69, 9.17) is 4.52 Å². The van der Waals surface area contributed by atoms with Crippen LogP contribution in [0, 0.1) is 17.8 Å². The molecule has 7 nitrogen and oxygen atoms in total. The summed E-state index contributed by atoms with van der Waals surface area (Å²) in [6.07, 6.45) is 0.795. The molecule has 0 bridgehead atoms. The van der Waals surface area contributed by atoms with Crippen LogP contribution in [0.15, 0.2) is 34.3 Å². The van der Waals surface area contributed by atoms with E-state index in [1.807, 2.05) is 45.9 Å². The summed E-state index contributed by atoms with van der Waals surface area (Å²) in [5, 5.41) is 15.1. The molecule has 0 saturated carbocycles. The van der Waals surface area contributed by atoms with Gasteiger partial charge in [0.25, 0.3) is 5.91 Å². The fourth-order valence-electron chi connectivity index (χ4n) is 4.16. The van der Waals surface area contributed by atoms with Crippen LogP contribution in [0.5, 0.6) is 0 Å². The summed E-state index contributed by atoms with van der Waals surface area (Å²) in [4.78, 5) is 26.7. The Bertz CT molecular complexity index is 974. The largest absolute Gasteiger partial charge is 0.509 e. The highest BCUT2D eigenvalue weighted by molar-refractivity contribution is 7.72. The number of aryl methyl sites for hydroxylation is 1. The summed E-state index contributed by atoms with van der Waals surface area (Å²) < 4.78 is 10.2. The molecule has 1 aromatic rings. The van der Waals surface area contributed by atoms with Gasteiger partial charge in [0.15, 0.2) is 5.84 Å². The highest BCUT2D eigenvalue weighted by Gasteiger charge is 2.53. The molecular weight excluding hydrogens is 425 g/mol. The Hall–Kier alpha value is -1.95. The molecule has 0 fully saturated rings. The van der Waals surface area contributed by atoms with Gasteiger partial charge in [-0.3, -0.25) is 4.79 Å². The number of nitrogens with one attached hydrogen (secondary N) is 1. The van der Waals surface area contributed by atoms with E-state index in [0.717, 1.165) is 12.0 Å². The minimum absolute atomic E-state index is 0.0127. The summed E-state index contributed by atoms with van der Waals surface area (Å²) in [5.74, 6) is -0.126. The van der Waals surface area contributed by atoms with E-state index in [-0.39, 0.29) is 40.5 Å². The first kappa shape index (κ1) is 24.7. The maximum atomic E-state index is 13.6. The van der Waals surface area contributed by atoms with Crippen LogP contribution in [-0.4, -0.2) is 45.8 Å². The van der Waals surface area contributed by atoms with Crippen LogP contribution in [0.25, 0.3) is 0 Å². The highest BCUT2D eigenvalue weighted by Crippen LogP contribution is 2.60. The van der Waals surface area contributed by atoms with E-state index >= 15 is 0 Å². The number of amidine groups is 1. The van der Waals surface area contributed by atoms with Crippen molar-refractivity contribution in [2.75, 3.05) is 18.5 Å². The Labute approximate surface area is 192 Å². The molecule has 2 aliphatic rings. The highest BCUT2D eigenvalue weighted by atomic mass is 31.2. The van der Waals surface area contributed by atoms with E-state index in [9.17, 15) is 14.8 Å². The van der Waals surface area contributed by atoms with Gasteiger partial charge in [-0.15, -0.1) is 0 Å². The van der Waals surface area contributed by atoms with Crippen molar-refractivity contribution in [3.8, 4) is 0 Å². The van der Waals surface area contributed by atoms with Gasteiger partial charge in [-0.05, 0) is 53.6 Å². The van der Waals surface area contributed by atoms with Crippen LogP contribution in [0.2, 0.25) is 0 Å². The van der Waals surface area contributed by atoms with Crippen molar-refractivity contribution in [2.45, 2.75) is 67.9 Å². The van der Waals surface area contributed by atoms with Crippen molar-refractivity contribution < 1.29 is 19.3 Å². The van der Waals surface area contributed by atoms with Gasteiger partial charge in [0.05, 0.1) is 18.3 Å². The number of fused-ring (bicyclic) bond motifs is 1. The van der Waals surface area contributed by atoms with E-state index in [0.29, 0.717) is 17.5 Å². The molecule has 3 N–H and O–H groups in total. The lowest BCUT2D eigenvalue weighted by Crippen LogP contribution is -2.45. The molecule has 2 aliphatic heterocycles. The minimum Gasteiger partial charge on any atom is -0.509 e. The maximum Gasteiger partial charge on any atom is 0.432 e.